The summed E-state index contributed by atoms with van der Waals surface area (Å²) in [5, 5.41) is 15.6. The quantitative estimate of drug-likeness (QED) is 0.161. The topological polar surface area (TPSA) is 80.1 Å². The van der Waals surface area contributed by atoms with Crippen molar-refractivity contribution >= 4 is 55.0 Å². The fourth-order valence-corrected chi connectivity index (χ4v) is 5.90. The SMILES string of the molecule is Cc1ccccc1.N=C(N=C(N)c1cccc2ccccc12)c1ccnc(-n2c3ccccc3c3c4ccccc4ccc32)c1. The first-order chi connectivity index (χ1) is 22.1. The minimum Gasteiger partial charge on any atom is -0.383 e. The summed E-state index contributed by atoms with van der Waals surface area (Å²) in [4.78, 5) is 9.21. The lowest BCUT2D eigenvalue weighted by molar-refractivity contribution is 1.08. The second-order valence-electron chi connectivity index (χ2n) is 11.0. The zero-order valence-corrected chi connectivity index (χ0v) is 24.9. The van der Waals surface area contributed by atoms with Crippen molar-refractivity contribution in [1.29, 1.82) is 5.41 Å². The van der Waals surface area contributed by atoms with E-state index in [4.69, 9.17) is 16.1 Å². The summed E-state index contributed by atoms with van der Waals surface area (Å²) in [6.07, 6.45) is 1.73. The number of nitrogens with zero attached hydrogens (tertiary/aromatic N) is 3. The van der Waals surface area contributed by atoms with Crippen molar-refractivity contribution in [2.24, 2.45) is 10.7 Å². The van der Waals surface area contributed by atoms with E-state index >= 15 is 0 Å². The van der Waals surface area contributed by atoms with Gasteiger partial charge >= 0.3 is 0 Å². The molecule has 2 aromatic heterocycles. The molecule has 0 spiro atoms. The van der Waals surface area contributed by atoms with Crippen LogP contribution in [0.4, 0.5) is 0 Å². The Kier molecular flexibility index (Phi) is 7.34. The van der Waals surface area contributed by atoms with Gasteiger partial charge in [-0.25, -0.2) is 9.98 Å². The van der Waals surface area contributed by atoms with Crippen LogP contribution in [0.5, 0.6) is 0 Å². The third-order valence-corrected chi connectivity index (χ3v) is 8.05. The molecular weight excluding hydrogens is 550 g/mol. The highest BCUT2D eigenvalue weighted by Crippen LogP contribution is 2.36. The Bertz CT molecular complexity index is 2360. The van der Waals surface area contributed by atoms with Gasteiger partial charge in [-0.3, -0.25) is 9.98 Å². The second kappa shape index (κ2) is 11.9. The number of para-hydroxylation sites is 1. The fourth-order valence-electron chi connectivity index (χ4n) is 5.90. The molecule has 6 aromatic carbocycles. The molecule has 0 aliphatic rings. The van der Waals surface area contributed by atoms with Crippen molar-refractivity contribution in [3.8, 4) is 5.82 Å². The van der Waals surface area contributed by atoms with E-state index in [9.17, 15) is 0 Å². The molecule has 216 valence electrons. The lowest BCUT2D eigenvalue weighted by Crippen LogP contribution is -2.16. The van der Waals surface area contributed by atoms with E-state index in [0.29, 0.717) is 11.4 Å². The average Bonchev–Trinajstić information content (AvgIpc) is 3.43. The van der Waals surface area contributed by atoms with Crippen molar-refractivity contribution in [3.05, 3.63) is 168 Å². The van der Waals surface area contributed by atoms with Crippen LogP contribution in [0, 0.1) is 12.3 Å². The molecule has 0 unspecified atom stereocenters. The van der Waals surface area contributed by atoms with Crippen LogP contribution in [0.1, 0.15) is 16.7 Å². The molecule has 5 heteroatoms. The van der Waals surface area contributed by atoms with Gasteiger partial charge in [0.05, 0.1) is 11.0 Å². The van der Waals surface area contributed by atoms with Crippen LogP contribution < -0.4 is 5.73 Å². The normalized spacial score (nSPS) is 11.5. The molecule has 0 saturated carbocycles. The van der Waals surface area contributed by atoms with Crippen molar-refractivity contribution in [2.45, 2.75) is 6.92 Å². The third kappa shape index (κ3) is 5.32. The average molecular weight is 582 g/mol. The van der Waals surface area contributed by atoms with E-state index < -0.39 is 0 Å². The number of amidine groups is 2. The molecular formula is C40H31N5. The van der Waals surface area contributed by atoms with Gasteiger partial charge in [0.25, 0.3) is 0 Å². The molecule has 0 aliphatic carbocycles. The van der Waals surface area contributed by atoms with E-state index in [1.165, 1.54) is 27.1 Å². The highest BCUT2D eigenvalue weighted by molar-refractivity contribution is 6.21. The van der Waals surface area contributed by atoms with Crippen LogP contribution in [0.15, 0.2) is 157 Å². The fraction of sp³-hybridized carbons (Fsp3) is 0.0250. The van der Waals surface area contributed by atoms with Crippen molar-refractivity contribution in [1.82, 2.24) is 9.55 Å². The van der Waals surface area contributed by atoms with Gasteiger partial charge in [-0.1, -0.05) is 127 Å². The van der Waals surface area contributed by atoms with Crippen LogP contribution in [0.25, 0.3) is 49.2 Å². The summed E-state index contributed by atoms with van der Waals surface area (Å²) in [6.45, 7) is 2.08. The minimum absolute atomic E-state index is 0.0882. The number of aromatic nitrogens is 2. The predicted octanol–water partition coefficient (Wildman–Crippen LogP) is 9.21. The van der Waals surface area contributed by atoms with E-state index in [1.807, 2.05) is 72.8 Å². The molecule has 5 nitrogen and oxygen atoms in total. The molecule has 0 saturated heterocycles. The Balaban J connectivity index is 0.000000412. The van der Waals surface area contributed by atoms with Gasteiger partial charge in [0.2, 0.25) is 0 Å². The smallest absolute Gasteiger partial charge is 0.154 e. The number of pyridine rings is 1. The highest BCUT2D eigenvalue weighted by Gasteiger charge is 2.16. The second-order valence-corrected chi connectivity index (χ2v) is 11.0. The van der Waals surface area contributed by atoms with Crippen LogP contribution >= 0.6 is 0 Å². The van der Waals surface area contributed by atoms with Gasteiger partial charge in [-0.15, -0.1) is 0 Å². The number of hydrogen-bond donors (Lipinski definition) is 2. The molecule has 8 rings (SSSR count). The number of aryl methyl sites for hydroxylation is 1. The largest absolute Gasteiger partial charge is 0.383 e. The highest BCUT2D eigenvalue weighted by atomic mass is 15.1. The van der Waals surface area contributed by atoms with Gasteiger partial charge in [-0.05, 0) is 52.7 Å². The van der Waals surface area contributed by atoms with Gasteiger partial charge in [0.1, 0.15) is 11.7 Å². The zero-order valence-electron chi connectivity index (χ0n) is 24.9. The number of fused-ring (bicyclic) bond motifs is 6. The first-order valence-corrected chi connectivity index (χ1v) is 14.9. The van der Waals surface area contributed by atoms with Crippen LogP contribution in [0.3, 0.4) is 0 Å². The Labute approximate surface area is 261 Å². The monoisotopic (exact) mass is 581 g/mol. The molecule has 45 heavy (non-hydrogen) atoms. The molecule has 0 radical (unpaired) electrons. The Morgan fingerprint density at radius 1 is 0.644 bits per heavy atom. The lowest BCUT2D eigenvalue weighted by Gasteiger charge is -2.10. The number of rotatable bonds is 3. The summed E-state index contributed by atoms with van der Waals surface area (Å²) < 4.78 is 2.16. The van der Waals surface area contributed by atoms with Crippen LogP contribution in [0.2, 0.25) is 0 Å². The van der Waals surface area contributed by atoms with Gasteiger partial charge in [0.15, 0.2) is 5.84 Å². The number of hydrogen-bond acceptors (Lipinski definition) is 2. The van der Waals surface area contributed by atoms with E-state index in [1.54, 1.807) is 12.3 Å². The molecule has 0 atom stereocenters. The maximum Gasteiger partial charge on any atom is 0.154 e. The van der Waals surface area contributed by atoms with Crippen molar-refractivity contribution in [2.75, 3.05) is 0 Å². The van der Waals surface area contributed by atoms with E-state index in [-0.39, 0.29) is 5.84 Å². The summed E-state index contributed by atoms with van der Waals surface area (Å²) >= 11 is 0. The van der Waals surface area contributed by atoms with Gasteiger partial charge in [-0.2, -0.15) is 0 Å². The van der Waals surface area contributed by atoms with Gasteiger partial charge in [0, 0.05) is 28.1 Å². The molecule has 2 heterocycles. The summed E-state index contributed by atoms with van der Waals surface area (Å²) in [7, 11) is 0. The predicted molar refractivity (Wildman–Crippen MR) is 189 cm³/mol. The molecule has 0 aliphatic heterocycles. The Morgan fingerprint density at radius 2 is 1.29 bits per heavy atom. The molecule has 0 bridgehead atoms. The van der Waals surface area contributed by atoms with Crippen LogP contribution in [-0.4, -0.2) is 21.2 Å². The maximum atomic E-state index is 8.77. The minimum atomic E-state index is 0.0882. The van der Waals surface area contributed by atoms with E-state index in [2.05, 4.69) is 83.2 Å². The van der Waals surface area contributed by atoms with Gasteiger partial charge < -0.3 is 5.73 Å². The van der Waals surface area contributed by atoms with Crippen LogP contribution in [-0.2, 0) is 0 Å². The maximum absolute atomic E-state index is 8.77. The molecule has 0 amide bonds. The number of nitrogens with two attached hydrogens (primary N) is 1. The number of aliphatic imine (C=N–C) groups is 1. The summed E-state index contributed by atoms with van der Waals surface area (Å²) in [5.74, 6) is 1.13. The van der Waals surface area contributed by atoms with Crippen molar-refractivity contribution in [3.63, 3.8) is 0 Å². The summed E-state index contributed by atoms with van der Waals surface area (Å²) in [6, 6.07) is 49.1. The standard InChI is InChI=1S/C33H23N5.C7H8/c34-32(37-33(35)26-14-7-10-21-8-1-3-11-24(21)26)23-18-19-36-30(20-23)38-28-15-6-5-13-27(28)31-25-12-4-2-9-22(25)16-17-29(31)38;1-7-5-3-2-4-6-7/h1-20H,(H3,34,35,37);2-6H,1H3. The Morgan fingerprint density at radius 3 is 2.04 bits per heavy atom. The molecule has 3 N–H and O–H groups in total. The van der Waals surface area contributed by atoms with E-state index in [0.717, 1.165) is 33.2 Å². The first-order valence-electron chi connectivity index (χ1n) is 14.9. The summed E-state index contributed by atoms with van der Waals surface area (Å²) in [5.41, 5.74) is 11.3. The number of benzene rings is 6. The molecule has 8 aromatic rings. The third-order valence-electron chi connectivity index (χ3n) is 8.05. The molecule has 0 fully saturated rings. The first kappa shape index (κ1) is 27.7. The zero-order chi connectivity index (χ0) is 30.8. The Hall–Kier alpha value is -6.07. The number of nitrogens with one attached hydrogen (secondary N) is 1. The lowest BCUT2D eigenvalue weighted by atomic mass is 10.0. The van der Waals surface area contributed by atoms with Crippen molar-refractivity contribution < 1.29 is 0 Å².